The number of aryl methyl sites for hydroxylation is 1. The van der Waals surface area contributed by atoms with Gasteiger partial charge in [0.05, 0.1) is 0 Å². The SMILES string of the molecule is CSCCC(N)c1ccc2oc(C)nc2c1. The van der Waals surface area contributed by atoms with Crippen LogP contribution in [-0.4, -0.2) is 17.0 Å². The summed E-state index contributed by atoms with van der Waals surface area (Å²) in [5.74, 6) is 1.78. The molecule has 86 valence electrons. The van der Waals surface area contributed by atoms with E-state index in [0.29, 0.717) is 5.89 Å². The minimum Gasteiger partial charge on any atom is -0.441 e. The zero-order chi connectivity index (χ0) is 11.5. The van der Waals surface area contributed by atoms with E-state index in [1.165, 1.54) is 0 Å². The second-order valence-corrected chi connectivity index (χ2v) is 4.83. The van der Waals surface area contributed by atoms with Crippen LogP contribution in [0.15, 0.2) is 22.6 Å². The van der Waals surface area contributed by atoms with Crippen LogP contribution in [-0.2, 0) is 0 Å². The predicted octanol–water partition coefficient (Wildman–Crippen LogP) is 2.89. The van der Waals surface area contributed by atoms with Gasteiger partial charge in [0, 0.05) is 13.0 Å². The first-order valence-electron chi connectivity index (χ1n) is 5.32. The van der Waals surface area contributed by atoms with Crippen LogP contribution < -0.4 is 5.73 Å². The molecule has 0 aliphatic rings. The molecule has 2 N–H and O–H groups in total. The number of rotatable bonds is 4. The highest BCUT2D eigenvalue weighted by molar-refractivity contribution is 7.98. The quantitative estimate of drug-likeness (QED) is 0.886. The number of nitrogens with two attached hydrogens (primary N) is 1. The molecule has 0 aliphatic heterocycles. The normalized spacial score (nSPS) is 13.2. The highest BCUT2D eigenvalue weighted by atomic mass is 32.2. The summed E-state index contributed by atoms with van der Waals surface area (Å²) in [6.45, 7) is 1.85. The summed E-state index contributed by atoms with van der Waals surface area (Å²) in [7, 11) is 0. The average molecular weight is 236 g/mol. The Hall–Kier alpha value is -1.00. The molecular formula is C12H16N2OS. The molecule has 0 aliphatic carbocycles. The largest absolute Gasteiger partial charge is 0.441 e. The van der Waals surface area contributed by atoms with Crippen LogP contribution in [0.25, 0.3) is 11.1 Å². The van der Waals surface area contributed by atoms with E-state index in [4.69, 9.17) is 10.2 Å². The van der Waals surface area contributed by atoms with Gasteiger partial charge in [0.1, 0.15) is 5.52 Å². The van der Waals surface area contributed by atoms with Crippen molar-refractivity contribution >= 4 is 22.9 Å². The lowest BCUT2D eigenvalue weighted by Gasteiger charge is -2.10. The Balaban J connectivity index is 2.24. The Labute approximate surface area is 99.4 Å². The summed E-state index contributed by atoms with van der Waals surface area (Å²) in [6, 6.07) is 6.09. The third-order valence-electron chi connectivity index (χ3n) is 2.58. The van der Waals surface area contributed by atoms with Gasteiger partial charge in [0.25, 0.3) is 0 Å². The molecule has 0 fully saturated rings. The smallest absolute Gasteiger partial charge is 0.192 e. The van der Waals surface area contributed by atoms with Crippen molar-refractivity contribution in [1.29, 1.82) is 0 Å². The molecule has 0 amide bonds. The molecular weight excluding hydrogens is 220 g/mol. The lowest BCUT2D eigenvalue weighted by atomic mass is 10.1. The van der Waals surface area contributed by atoms with Crippen molar-refractivity contribution in [2.75, 3.05) is 12.0 Å². The van der Waals surface area contributed by atoms with E-state index in [2.05, 4.69) is 11.2 Å². The number of thioether (sulfide) groups is 1. The van der Waals surface area contributed by atoms with Crippen molar-refractivity contribution < 1.29 is 4.42 Å². The van der Waals surface area contributed by atoms with E-state index in [0.717, 1.165) is 28.8 Å². The third kappa shape index (κ3) is 2.39. The minimum atomic E-state index is 0.0915. The number of hydrogen-bond donors (Lipinski definition) is 1. The number of benzene rings is 1. The summed E-state index contributed by atoms with van der Waals surface area (Å²) >= 11 is 1.82. The van der Waals surface area contributed by atoms with Crippen molar-refractivity contribution in [2.45, 2.75) is 19.4 Å². The molecule has 16 heavy (non-hydrogen) atoms. The fourth-order valence-electron chi connectivity index (χ4n) is 1.70. The fourth-order valence-corrected chi connectivity index (χ4v) is 2.19. The lowest BCUT2D eigenvalue weighted by Crippen LogP contribution is -2.10. The van der Waals surface area contributed by atoms with Gasteiger partial charge < -0.3 is 10.2 Å². The second kappa shape index (κ2) is 4.89. The standard InChI is InChI=1S/C12H16N2OS/c1-8-14-11-7-9(3-4-12(11)15-8)10(13)5-6-16-2/h3-4,7,10H,5-6,13H2,1-2H3. The molecule has 1 heterocycles. The van der Waals surface area contributed by atoms with Crippen LogP contribution in [0.2, 0.25) is 0 Å². The average Bonchev–Trinajstić information content (AvgIpc) is 2.64. The van der Waals surface area contributed by atoms with Gasteiger partial charge in [0.15, 0.2) is 11.5 Å². The number of oxazole rings is 1. The van der Waals surface area contributed by atoms with E-state index >= 15 is 0 Å². The maximum Gasteiger partial charge on any atom is 0.192 e. The first kappa shape index (κ1) is 11.5. The van der Waals surface area contributed by atoms with Gasteiger partial charge in [-0.1, -0.05) is 6.07 Å². The number of hydrogen-bond acceptors (Lipinski definition) is 4. The van der Waals surface area contributed by atoms with Crippen LogP contribution >= 0.6 is 11.8 Å². The Morgan fingerprint density at radius 3 is 3.06 bits per heavy atom. The van der Waals surface area contributed by atoms with E-state index in [1.54, 1.807) is 0 Å². The summed E-state index contributed by atoms with van der Waals surface area (Å²) < 4.78 is 5.43. The second-order valence-electron chi connectivity index (χ2n) is 3.85. The minimum absolute atomic E-state index is 0.0915. The van der Waals surface area contributed by atoms with Gasteiger partial charge in [-0.05, 0) is 36.1 Å². The molecule has 2 aromatic rings. The Kier molecular flexibility index (Phi) is 3.51. The molecule has 0 bridgehead atoms. The monoisotopic (exact) mass is 236 g/mol. The number of nitrogens with zero attached hydrogens (tertiary/aromatic N) is 1. The molecule has 3 nitrogen and oxygen atoms in total. The van der Waals surface area contributed by atoms with Gasteiger partial charge in [-0.2, -0.15) is 11.8 Å². The molecule has 1 unspecified atom stereocenters. The van der Waals surface area contributed by atoms with E-state index in [1.807, 2.05) is 36.9 Å². The third-order valence-corrected chi connectivity index (χ3v) is 3.22. The van der Waals surface area contributed by atoms with Crippen molar-refractivity contribution in [3.63, 3.8) is 0 Å². The zero-order valence-electron chi connectivity index (χ0n) is 9.56. The summed E-state index contributed by atoms with van der Waals surface area (Å²) in [4.78, 5) is 4.31. The van der Waals surface area contributed by atoms with E-state index < -0.39 is 0 Å². The maximum absolute atomic E-state index is 6.11. The maximum atomic E-state index is 6.11. The van der Waals surface area contributed by atoms with Gasteiger partial charge >= 0.3 is 0 Å². The highest BCUT2D eigenvalue weighted by Crippen LogP contribution is 2.22. The van der Waals surface area contributed by atoms with Gasteiger partial charge in [-0.3, -0.25) is 0 Å². The predicted molar refractivity (Wildman–Crippen MR) is 68.7 cm³/mol. The summed E-state index contributed by atoms with van der Waals surface area (Å²) in [5, 5.41) is 0. The van der Waals surface area contributed by atoms with Crippen molar-refractivity contribution in [2.24, 2.45) is 5.73 Å². The molecule has 1 atom stereocenters. The van der Waals surface area contributed by atoms with Crippen molar-refractivity contribution in [1.82, 2.24) is 4.98 Å². The molecule has 0 spiro atoms. The first-order valence-corrected chi connectivity index (χ1v) is 6.71. The molecule has 0 saturated carbocycles. The van der Waals surface area contributed by atoms with Gasteiger partial charge in [-0.15, -0.1) is 0 Å². The van der Waals surface area contributed by atoms with Crippen LogP contribution in [0.3, 0.4) is 0 Å². The van der Waals surface area contributed by atoms with Crippen LogP contribution in [0.4, 0.5) is 0 Å². The lowest BCUT2D eigenvalue weighted by molar-refractivity contribution is 0.561. The number of fused-ring (bicyclic) bond motifs is 1. The molecule has 0 radical (unpaired) electrons. The molecule has 2 rings (SSSR count). The van der Waals surface area contributed by atoms with Gasteiger partial charge in [-0.25, -0.2) is 4.98 Å². The summed E-state index contributed by atoms with van der Waals surface area (Å²) in [6.07, 6.45) is 3.08. The first-order chi connectivity index (χ1) is 7.70. The Morgan fingerprint density at radius 1 is 1.50 bits per heavy atom. The zero-order valence-corrected chi connectivity index (χ0v) is 10.4. The molecule has 0 saturated heterocycles. The Bertz CT molecular complexity index is 481. The van der Waals surface area contributed by atoms with E-state index in [-0.39, 0.29) is 6.04 Å². The number of aromatic nitrogens is 1. The molecule has 1 aromatic heterocycles. The van der Waals surface area contributed by atoms with Crippen LogP contribution in [0.5, 0.6) is 0 Å². The van der Waals surface area contributed by atoms with Gasteiger partial charge in [0.2, 0.25) is 0 Å². The van der Waals surface area contributed by atoms with Crippen molar-refractivity contribution in [3.8, 4) is 0 Å². The van der Waals surface area contributed by atoms with Crippen molar-refractivity contribution in [3.05, 3.63) is 29.7 Å². The summed E-state index contributed by atoms with van der Waals surface area (Å²) in [5.41, 5.74) is 8.97. The molecule has 1 aromatic carbocycles. The highest BCUT2D eigenvalue weighted by Gasteiger charge is 2.08. The van der Waals surface area contributed by atoms with Crippen LogP contribution in [0.1, 0.15) is 23.9 Å². The Morgan fingerprint density at radius 2 is 2.31 bits per heavy atom. The topological polar surface area (TPSA) is 52.0 Å². The fraction of sp³-hybridized carbons (Fsp3) is 0.417. The van der Waals surface area contributed by atoms with Crippen LogP contribution in [0, 0.1) is 6.92 Å². The molecule has 4 heteroatoms. The van der Waals surface area contributed by atoms with E-state index in [9.17, 15) is 0 Å².